The zero-order chi connectivity index (χ0) is 14.7. The second kappa shape index (κ2) is 5.92. The summed E-state index contributed by atoms with van der Waals surface area (Å²) in [4.78, 5) is 0.342. The standard InChI is InChI=1S/C14H23NO3S/c1-5-10-19(17,18)13-8-6-12(7-9-13)15-14(3,4)11(2)16/h6-9,11,15-16H,5,10H2,1-4H3. The van der Waals surface area contributed by atoms with Gasteiger partial charge in [0.15, 0.2) is 9.84 Å². The fourth-order valence-corrected chi connectivity index (χ4v) is 2.93. The van der Waals surface area contributed by atoms with Crippen LogP contribution in [0.1, 0.15) is 34.1 Å². The normalized spacial score (nSPS) is 14.2. The molecule has 19 heavy (non-hydrogen) atoms. The number of rotatable bonds is 6. The number of nitrogens with one attached hydrogen (secondary N) is 1. The van der Waals surface area contributed by atoms with Crippen LogP contribution in [-0.2, 0) is 9.84 Å². The maximum absolute atomic E-state index is 11.9. The minimum Gasteiger partial charge on any atom is -0.391 e. The molecular weight excluding hydrogens is 262 g/mol. The van der Waals surface area contributed by atoms with Gasteiger partial charge in [0.25, 0.3) is 0 Å². The molecule has 0 bridgehead atoms. The summed E-state index contributed by atoms with van der Waals surface area (Å²) in [6.07, 6.45) is 0.0909. The van der Waals surface area contributed by atoms with Gasteiger partial charge in [0.05, 0.1) is 22.3 Å². The number of aliphatic hydroxyl groups excluding tert-OH is 1. The lowest BCUT2D eigenvalue weighted by molar-refractivity contribution is 0.133. The van der Waals surface area contributed by atoms with Gasteiger partial charge >= 0.3 is 0 Å². The van der Waals surface area contributed by atoms with Crippen LogP contribution in [0.5, 0.6) is 0 Å². The van der Waals surface area contributed by atoms with Crippen LogP contribution in [0.4, 0.5) is 5.69 Å². The lowest BCUT2D eigenvalue weighted by atomic mass is 9.98. The Hall–Kier alpha value is -1.07. The second-order valence-electron chi connectivity index (χ2n) is 5.37. The Bertz CT molecular complexity index is 504. The molecule has 0 aliphatic heterocycles. The first-order chi connectivity index (χ1) is 8.69. The molecule has 0 aliphatic rings. The molecule has 1 aromatic carbocycles. The van der Waals surface area contributed by atoms with E-state index in [2.05, 4.69) is 5.32 Å². The van der Waals surface area contributed by atoms with E-state index >= 15 is 0 Å². The van der Waals surface area contributed by atoms with Gasteiger partial charge in [-0.15, -0.1) is 0 Å². The SMILES string of the molecule is CCCS(=O)(=O)c1ccc(NC(C)(C)C(C)O)cc1. The van der Waals surface area contributed by atoms with Crippen molar-refractivity contribution in [3.8, 4) is 0 Å². The van der Waals surface area contributed by atoms with Crippen molar-refractivity contribution in [1.82, 2.24) is 0 Å². The van der Waals surface area contributed by atoms with Crippen LogP contribution < -0.4 is 5.32 Å². The fraction of sp³-hybridized carbons (Fsp3) is 0.571. The number of sulfone groups is 1. The van der Waals surface area contributed by atoms with Gasteiger partial charge in [-0.1, -0.05) is 6.92 Å². The van der Waals surface area contributed by atoms with Gasteiger partial charge in [0.2, 0.25) is 0 Å². The number of hydrogen-bond acceptors (Lipinski definition) is 4. The van der Waals surface area contributed by atoms with Crippen LogP contribution in [0.2, 0.25) is 0 Å². The molecule has 0 saturated carbocycles. The molecular formula is C14H23NO3S. The van der Waals surface area contributed by atoms with Crippen LogP contribution in [0.3, 0.4) is 0 Å². The topological polar surface area (TPSA) is 66.4 Å². The summed E-state index contributed by atoms with van der Waals surface area (Å²) in [6, 6.07) is 6.66. The summed E-state index contributed by atoms with van der Waals surface area (Å²) in [7, 11) is -3.16. The van der Waals surface area contributed by atoms with E-state index < -0.39 is 21.5 Å². The van der Waals surface area contributed by atoms with Crippen molar-refractivity contribution >= 4 is 15.5 Å². The molecule has 0 saturated heterocycles. The van der Waals surface area contributed by atoms with Gasteiger partial charge in [-0.25, -0.2) is 8.42 Å². The van der Waals surface area contributed by atoms with Gasteiger partial charge in [0.1, 0.15) is 0 Å². The van der Waals surface area contributed by atoms with Gasteiger partial charge in [-0.3, -0.25) is 0 Å². The Labute approximate surface area is 115 Å². The van der Waals surface area contributed by atoms with Crippen LogP contribution in [0.25, 0.3) is 0 Å². The highest BCUT2D eigenvalue weighted by Gasteiger charge is 2.23. The average molecular weight is 285 g/mol. The minimum absolute atomic E-state index is 0.166. The van der Waals surface area contributed by atoms with Crippen molar-refractivity contribution in [3.63, 3.8) is 0 Å². The molecule has 0 amide bonds. The van der Waals surface area contributed by atoms with E-state index in [9.17, 15) is 13.5 Å². The summed E-state index contributed by atoms with van der Waals surface area (Å²) in [5, 5.41) is 12.8. The molecule has 1 unspecified atom stereocenters. The zero-order valence-corrected chi connectivity index (χ0v) is 12.8. The summed E-state index contributed by atoms with van der Waals surface area (Å²) < 4.78 is 23.8. The maximum atomic E-state index is 11.9. The Kier molecular flexibility index (Phi) is 4.98. The van der Waals surface area contributed by atoms with E-state index in [1.165, 1.54) is 0 Å². The van der Waals surface area contributed by atoms with E-state index in [-0.39, 0.29) is 5.75 Å². The molecule has 0 aliphatic carbocycles. The summed E-state index contributed by atoms with van der Waals surface area (Å²) in [6.45, 7) is 7.34. The monoisotopic (exact) mass is 285 g/mol. The van der Waals surface area contributed by atoms with Gasteiger partial charge in [-0.05, 0) is 51.5 Å². The lowest BCUT2D eigenvalue weighted by Crippen LogP contribution is -2.41. The summed E-state index contributed by atoms with van der Waals surface area (Å²) in [5.41, 5.74) is 0.324. The van der Waals surface area contributed by atoms with E-state index in [0.717, 1.165) is 5.69 Å². The third-order valence-corrected chi connectivity index (χ3v) is 5.13. The minimum atomic E-state index is -3.16. The number of aliphatic hydroxyl groups is 1. The Balaban J connectivity index is 2.89. The molecule has 0 spiro atoms. The number of benzene rings is 1. The third-order valence-electron chi connectivity index (χ3n) is 3.20. The highest BCUT2D eigenvalue weighted by atomic mass is 32.2. The van der Waals surface area contributed by atoms with Crippen LogP contribution in [0.15, 0.2) is 29.2 Å². The first kappa shape index (κ1) is 16.0. The first-order valence-electron chi connectivity index (χ1n) is 6.48. The van der Waals surface area contributed by atoms with E-state index in [4.69, 9.17) is 0 Å². The largest absolute Gasteiger partial charge is 0.391 e. The van der Waals surface area contributed by atoms with E-state index in [0.29, 0.717) is 11.3 Å². The van der Waals surface area contributed by atoms with E-state index in [1.54, 1.807) is 31.2 Å². The molecule has 1 aromatic rings. The van der Waals surface area contributed by atoms with Crippen molar-refractivity contribution in [2.24, 2.45) is 0 Å². The molecule has 4 nitrogen and oxygen atoms in total. The van der Waals surface area contributed by atoms with Gasteiger partial charge < -0.3 is 10.4 Å². The highest BCUT2D eigenvalue weighted by molar-refractivity contribution is 7.91. The molecule has 0 heterocycles. The van der Waals surface area contributed by atoms with Crippen LogP contribution in [0, 0.1) is 0 Å². The average Bonchev–Trinajstić information content (AvgIpc) is 2.28. The quantitative estimate of drug-likeness (QED) is 0.842. The molecule has 0 aromatic heterocycles. The van der Waals surface area contributed by atoms with Gasteiger partial charge in [0, 0.05) is 5.69 Å². The smallest absolute Gasteiger partial charge is 0.178 e. The van der Waals surface area contributed by atoms with Gasteiger partial charge in [-0.2, -0.15) is 0 Å². The van der Waals surface area contributed by atoms with E-state index in [1.807, 2.05) is 20.8 Å². The van der Waals surface area contributed by atoms with Crippen molar-refractivity contribution in [2.45, 2.75) is 50.7 Å². The summed E-state index contributed by atoms with van der Waals surface area (Å²) in [5.74, 6) is 0.166. The molecule has 0 fully saturated rings. The second-order valence-corrected chi connectivity index (χ2v) is 7.48. The number of hydrogen-bond donors (Lipinski definition) is 2. The van der Waals surface area contributed by atoms with Crippen molar-refractivity contribution in [3.05, 3.63) is 24.3 Å². The Morgan fingerprint density at radius 3 is 2.21 bits per heavy atom. The third kappa shape index (κ3) is 4.21. The maximum Gasteiger partial charge on any atom is 0.178 e. The molecule has 2 N–H and O–H groups in total. The molecule has 1 rings (SSSR count). The van der Waals surface area contributed by atoms with Crippen molar-refractivity contribution in [1.29, 1.82) is 0 Å². The zero-order valence-electron chi connectivity index (χ0n) is 12.0. The predicted molar refractivity (Wildman–Crippen MR) is 78.2 cm³/mol. The lowest BCUT2D eigenvalue weighted by Gasteiger charge is -2.30. The van der Waals surface area contributed by atoms with Crippen molar-refractivity contribution in [2.75, 3.05) is 11.1 Å². The van der Waals surface area contributed by atoms with Crippen LogP contribution >= 0.6 is 0 Å². The number of anilines is 1. The molecule has 108 valence electrons. The molecule has 5 heteroatoms. The Morgan fingerprint density at radius 2 is 1.79 bits per heavy atom. The van der Waals surface area contributed by atoms with Crippen LogP contribution in [-0.4, -0.2) is 30.9 Å². The molecule has 0 radical (unpaired) electrons. The summed E-state index contributed by atoms with van der Waals surface area (Å²) >= 11 is 0. The first-order valence-corrected chi connectivity index (χ1v) is 8.13. The Morgan fingerprint density at radius 1 is 1.26 bits per heavy atom. The predicted octanol–water partition coefficient (Wildman–Crippen LogP) is 2.44. The molecule has 1 atom stereocenters. The van der Waals surface area contributed by atoms with Crippen molar-refractivity contribution < 1.29 is 13.5 Å². The highest BCUT2D eigenvalue weighted by Crippen LogP contribution is 2.21. The fourth-order valence-electron chi connectivity index (χ4n) is 1.61.